The molecule has 0 aliphatic rings. The molecule has 0 fully saturated rings. The maximum absolute atomic E-state index is 12.5. The molecule has 0 spiro atoms. The van der Waals surface area contributed by atoms with Gasteiger partial charge in [-0.05, 0) is 25.2 Å². The molecule has 0 aromatic carbocycles. The Morgan fingerprint density at radius 2 is 1.96 bits per heavy atom. The van der Waals surface area contributed by atoms with Crippen molar-refractivity contribution >= 4 is 21.4 Å². The van der Waals surface area contributed by atoms with Gasteiger partial charge in [-0.15, -0.1) is 11.3 Å². The first-order chi connectivity index (χ1) is 11.7. The van der Waals surface area contributed by atoms with E-state index >= 15 is 0 Å². The van der Waals surface area contributed by atoms with Gasteiger partial charge < -0.3 is 9.42 Å². The lowest BCUT2D eigenvalue weighted by Gasteiger charge is -2.17. The Labute approximate surface area is 147 Å². The molecule has 1 N–H and O–H groups in total. The lowest BCUT2D eigenvalue weighted by molar-refractivity contribution is -0.155. The van der Waals surface area contributed by atoms with Crippen molar-refractivity contribution in [2.24, 2.45) is 0 Å². The van der Waals surface area contributed by atoms with Gasteiger partial charge in [-0.1, -0.05) is 19.0 Å². The van der Waals surface area contributed by atoms with E-state index in [-0.39, 0.29) is 21.3 Å². The van der Waals surface area contributed by atoms with Crippen LogP contribution in [0.25, 0.3) is 10.6 Å². The molecule has 0 saturated carbocycles. The second kappa shape index (κ2) is 7.85. The van der Waals surface area contributed by atoms with Gasteiger partial charge in [-0.2, -0.15) is 13.2 Å². The van der Waals surface area contributed by atoms with Crippen molar-refractivity contribution in [1.29, 1.82) is 0 Å². The Morgan fingerprint density at radius 3 is 2.52 bits per heavy atom. The largest absolute Gasteiger partial charge is 0.452 e. The second-order valence-corrected chi connectivity index (χ2v) is 8.20. The predicted octanol–water partition coefficient (Wildman–Crippen LogP) is 3.04. The minimum Gasteiger partial charge on any atom is -0.351 e. The molecule has 0 unspecified atom stereocenters. The Balaban J connectivity index is 2.08. The van der Waals surface area contributed by atoms with E-state index < -0.39 is 22.0 Å². The maximum Gasteiger partial charge on any atom is 0.452 e. The monoisotopic (exact) mass is 397 g/mol. The van der Waals surface area contributed by atoms with Crippen LogP contribution in [-0.4, -0.2) is 44.7 Å². The summed E-state index contributed by atoms with van der Waals surface area (Å²) in [4.78, 5) is 2.35. The molecule has 2 aromatic heterocycles. The van der Waals surface area contributed by atoms with E-state index in [4.69, 9.17) is 0 Å². The summed E-state index contributed by atoms with van der Waals surface area (Å²) in [6, 6.07) is 3.49. The number of alkyl halides is 3. The number of aromatic nitrogens is 1. The van der Waals surface area contributed by atoms with E-state index in [1.165, 1.54) is 12.1 Å². The fourth-order valence-electron chi connectivity index (χ4n) is 2.08. The fraction of sp³-hybridized carbons (Fsp3) is 0.500. The number of nitrogens with one attached hydrogen (secondary N) is 1. The zero-order valence-corrected chi connectivity index (χ0v) is 15.3. The highest BCUT2D eigenvalue weighted by Crippen LogP contribution is 2.35. The van der Waals surface area contributed by atoms with Crippen LogP contribution in [0, 0.1) is 0 Å². The molecule has 0 atom stereocenters. The van der Waals surface area contributed by atoms with Crippen LogP contribution in [0.4, 0.5) is 13.2 Å². The summed E-state index contributed by atoms with van der Waals surface area (Å²) < 4.78 is 68.9. The molecular weight excluding hydrogens is 379 g/mol. The minimum absolute atomic E-state index is 0.0126. The Hall–Kier alpha value is -1.43. The van der Waals surface area contributed by atoms with Gasteiger partial charge in [0.05, 0.1) is 4.88 Å². The van der Waals surface area contributed by atoms with Crippen LogP contribution in [-0.2, 0) is 16.2 Å². The molecule has 25 heavy (non-hydrogen) atoms. The lowest BCUT2D eigenvalue weighted by atomic mass is 10.3. The van der Waals surface area contributed by atoms with Gasteiger partial charge in [0.15, 0.2) is 0 Å². The number of thiophene rings is 1. The molecule has 140 valence electrons. The summed E-state index contributed by atoms with van der Waals surface area (Å²) in [5.74, 6) is -1.22. The molecular formula is C14H18F3N3O3S2. The van der Waals surface area contributed by atoms with Crippen molar-refractivity contribution in [1.82, 2.24) is 14.8 Å². The Morgan fingerprint density at radius 1 is 1.28 bits per heavy atom. The van der Waals surface area contributed by atoms with Crippen molar-refractivity contribution in [3.8, 4) is 10.6 Å². The van der Waals surface area contributed by atoms with E-state index in [0.29, 0.717) is 6.54 Å². The number of sulfonamides is 1. The van der Waals surface area contributed by atoms with Gasteiger partial charge in [0.25, 0.3) is 0 Å². The SMILES string of the molecule is CCN(CC)CCNS(=O)(=O)c1ccc(-c2cc(C(F)(F)F)on2)s1. The average Bonchev–Trinajstić information content (AvgIpc) is 3.19. The van der Waals surface area contributed by atoms with Crippen molar-refractivity contribution in [3.63, 3.8) is 0 Å². The van der Waals surface area contributed by atoms with E-state index in [1.54, 1.807) is 0 Å². The normalized spacial score (nSPS) is 12.9. The number of halogens is 3. The molecule has 0 bridgehead atoms. The number of nitrogens with zero attached hydrogens (tertiary/aromatic N) is 2. The highest BCUT2D eigenvalue weighted by Gasteiger charge is 2.36. The van der Waals surface area contributed by atoms with E-state index in [1.807, 2.05) is 13.8 Å². The van der Waals surface area contributed by atoms with Crippen LogP contribution >= 0.6 is 11.3 Å². The van der Waals surface area contributed by atoms with Crippen molar-refractivity contribution in [3.05, 3.63) is 24.0 Å². The van der Waals surface area contributed by atoms with Crippen LogP contribution in [0.15, 0.2) is 26.9 Å². The molecule has 11 heteroatoms. The summed E-state index contributed by atoms with van der Waals surface area (Å²) in [6.45, 7) is 6.42. The Bertz CT molecular complexity index is 796. The maximum atomic E-state index is 12.5. The lowest BCUT2D eigenvalue weighted by Crippen LogP contribution is -2.34. The number of hydrogen-bond acceptors (Lipinski definition) is 6. The summed E-state index contributed by atoms with van der Waals surface area (Å²) in [5, 5.41) is 3.35. The second-order valence-electron chi connectivity index (χ2n) is 5.12. The van der Waals surface area contributed by atoms with E-state index in [9.17, 15) is 21.6 Å². The number of likely N-dealkylation sites (N-methyl/N-ethyl adjacent to an activating group) is 1. The van der Waals surface area contributed by atoms with Gasteiger partial charge in [0.1, 0.15) is 9.90 Å². The topological polar surface area (TPSA) is 75.4 Å². The van der Waals surface area contributed by atoms with Gasteiger partial charge >= 0.3 is 6.18 Å². The Kier molecular flexibility index (Phi) is 6.25. The number of rotatable bonds is 8. The van der Waals surface area contributed by atoms with Gasteiger partial charge in [-0.3, -0.25) is 0 Å². The summed E-state index contributed by atoms with van der Waals surface area (Å²) in [5.41, 5.74) is -0.0538. The molecule has 6 nitrogen and oxygen atoms in total. The van der Waals surface area contributed by atoms with Crippen molar-refractivity contribution < 1.29 is 26.1 Å². The highest BCUT2D eigenvalue weighted by molar-refractivity contribution is 7.91. The van der Waals surface area contributed by atoms with Crippen LogP contribution in [0.5, 0.6) is 0 Å². The summed E-state index contributed by atoms with van der Waals surface area (Å²) in [7, 11) is -3.72. The van der Waals surface area contributed by atoms with Crippen LogP contribution < -0.4 is 4.72 Å². The van der Waals surface area contributed by atoms with E-state index in [0.717, 1.165) is 30.5 Å². The summed E-state index contributed by atoms with van der Waals surface area (Å²) >= 11 is 0.833. The molecule has 2 heterocycles. The third-order valence-corrected chi connectivity index (χ3v) is 6.56. The van der Waals surface area contributed by atoms with Gasteiger partial charge in [-0.25, -0.2) is 13.1 Å². The molecule has 2 aromatic rings. The van der Waals surface area contributed by atoms with Crippen LogP contribution in [0.3, 0.4) is 0 Å². The highest BCUT2D eigenvalue weighted by atomic mass is 32.2. The van der Waals surface area contributed by atoms with Crippen molar-refractivity contribution in [2.45, 2.75) is 24.2 Å². The van der Waals surface area contributed by atoms with Gasteiger partial charge in [0, 0.05) is 19.2 Å². The van der Waals surface area contributed by atoms with Crippen molar-refractivity contribution in [2.75, 3.05) is 26.2 Å². The molecule has 0 aliphatic carbocycles. The molecule has 0 radical (unpaired) electrons. The van der Waals surface area contributed by atoms with E-state index in [2.05, 4.69) is 19.3 Å². The van der Waals surface area contributed by atoms with Crippen LogP contribution in [0.1, 0.15) is 19.6 Å². The third-order valence-electron chi connectivity index (χ3n) is 3.50. The molecule has 2 rings (SSSR count). The average molecular weight is 397 g/mol. The first kappa shape index (κ1) is 19.9. The standard InChI is InChI=1S/C14H18F3N3O3S2/c1-3-20(4-2)8-7-18-25(21,22)13-6-5-11(24-13)10-9-12(23-19-10)14(15,16)17/h5-6,9,18H,3-4,7-8H2,1-2H3. The predicted molar refractivity (Wildman–Crippen MR) is 87.8 cm³/mol. The zero-order valence-electron chi connectivity index (χ0n) is 13.6. The smallest absolute Gasteiger partial charge is 0.351 e. The zero-order chi connectivity index (χ0) is 18.7. The fourth-order valence-corrected chi connectivity index (χ4v) is 4.40. The molecule has 0 amide bonds. The van der Waals surface area contributed by atoms with Gasteiger partial charge in [0.2, 0.25) is 15.8 Å². The van der Waals surface area contributed by atoms with Crippen LogP contribution in [0.2, 0.25) is 0 Å². The first-order valence-electron chi connectivity index (χ1n) is 7.53. The number of hydrogen-bond donors (Lipinski definition) is 1. The molecule has 0 aliphatic heterocycles. The third kappa shape index (κ3) is 5.03. The minimum atomic E-state index is -4.64. The summed E-state index contributed by atoms with van der Waals surface area (Å²) in [6.07, 6.45) is -4.64. The quantitative estimate of drug-likeness (QED) is 0.741. The molecule has 0 saturated heterocycles. The first-order valence-corrected chi connectivity index (χ1v) is 9.83.